The highest BCUT2D eigenvalue weighted by molar-refractivity contribution is 7.13. The van der Waals surface area contributed by atoms with Gasteiger partial charge in [-0.3, -0.25) is 14.2 Å². The van der Waals surface area contributed by atoms with Crippen molar-refractivity contribution in [3.05, 3.63) is 128 Å². The summed E-state index contributed by atoms with van der Waals surface area (Å²) in [4.78, 5) is 34.0. The number of ketones is 1. The van der Waals surface area contributed by atoms with E-state index < -0.39 is 0 Å². The van der Waals surface area contributed by atoms with Crippen LogP contribution in [0.5, 0.6) is 0 Å². The summed E-state index contributed by atoms with van der Waals surface area (Å²) in [5.41, 5.74) is 6.92. The predicted molar refractivity (Wildman–Crippen MR) is 186 cm³/mol. The molecule has 0 saturated carbocycles. The van der Waals surface area contributed by atoms with Crippen molar-refractivity contribution in [2.45, 2.75) is 59.3 Å². The summed E-state index contributed by atoms with van der Waals surface area (Å²) in [5, 5.41) is 13.5. The number of nitrogens with zero attached hydrogens (tertiary/aromatic N) is 2. The summed E-state index contributed by atoms with van der Waals surface area (Å²) >= 11 is 7.51. The number of carbonyl (C=O) groups is 1. The quantitative estimate of drug-likeness (QED) is 0.138. The van der Waals surface area contributed by atoms with Gasteiger partial charge in [0.25, 0.3) is 5.56 Å². The van der Waals surface area contributed by atoms with Crippen LogP contribution in [0.25, 0.3) is 27.5 Å². The van der Waals surface area contributed by atoms with E-state index in [0.29, 0.717) is 33.3 Å². The Hall–Kier alpha value is -3.84. The normalized spacial score (nSPS) is 12.1. The van der Waals surface area contributed by atoms with Crippen molar-refractivity contribution in [2.24, 2.45) is 5.92 Å². The number of rotatable bonds is 12. The fraction of sp³-hybridized carbons (Fsp3) is 0.289. The van der Waals surface area contributed by atoms with E-state index >= 15 is 0 Å². The van der Waals surface area contributed by atoms with Gasteiger partial charge < -0.3 is 5.11 Å². The summed E-state index contributed by atoms with van der Waals surface area (Å²) in [5.74, 6) is -0.281. The minimum absolute atomic E-state index is 0.106. The molecule has 2 heterocycles. The van der Waals surface area contributed by atoms with Gasteiger partial charge in [0, 0.05) is 39.6 Å². The van der Waals surface area contributed by atoms with Crippen LogP contribution >= 0.6 is 22.9 Å². The number of aromatic nitrogens is 2. The van der Waals surface area contributed by atoms with E-state index in [4.69, 9.17) is 16.6 Å². The van der Waals surface area contributed by atoms with Crippen molar-refractivity contribution in [2.75, 3.05) is 6.61 Å². The van der Waals surface area contributed by atoms with Crippen LogP contribution in [0.4, 0.5) is 0 Å². The van der Waals surface area contributed by atoms with E-state index in [1.807, 2.05) is 66.0 Å². The van der Waals surface area contributed by atoms with Crippen molar-refractivity contribution in [1.29, 1.82) is 0 Å². The first kappa shape index (κ1) is 32.6. The lowest BCUT2D eigenvalue weighted by Gasteiger charge is -2.24. The standard InChI is InChI=1S/C38H39ClN2O3S/c1-5-25-13-10-14-26(6-2)36(25)41-34(19-24(3)4)31(35(43)20-29(22-42)27-11-8-7-9-12-27)21-32(38(41)44)37-40-33(23-45-37)28-15-17-30(39)18-16-28/h7-18,21,23-24,29,42H,5-6,19-20,22H2,1-4H3/t29-/m1/s1. The average molecular weight is 639 g/mol. The number of halogens is 1. The van der Waals surface area contributed by atoms with Crippen LogP contribution < -0.4 is 5.56 Å². The zero-order chi connectivity index (χ0) is 32.1. The number of thiazole rings is 1. The lowest BCUT2D eigenvalue weighted by molar-refractivity contribution is 0.0958. The largest absolute Gasteiger partial charge is 0.396 e. The molecule has 0 aliphatic heterocycles. The molecule has 0 radical (unpaired) electrons. The van der Waals surface area contributed by atoms with E-state index in [-0.39, 0.29) is 36.2 Å². The van der Waals surface area contributed by atoms with Crippen molar-refractivity contribution >= 4 is 28.7 Å². The monoisotopic (exact) mass is 638 g/mol. The second-order valence-corrected chi connectivity index (χ2v) is 13.0. The second-order valence-electron chi connectivity index (χ2n) is 11.8. The Balaban J connectivity index is 1.77. The highest BCUT2D eigenvalue weighted by Gasteiger charge is 2.27. The van der Waals surface area contributed by atoms with Gasteiger partial charge >= 0.3 is 0 Å². The molecule has 45 heavy (non-hydrogen) atoms. The fourth-order valence-corrected chi connectivity index (χ4v) is 6.83. The molecule has 0 fully saturated rings. The first-order chi connectivity index (χ1) is 21.7. The third-order valence-electron chi connectivity index (χ3n) is 8.19. The molecule has 2 aromatic heterocycles. The van der Waals surface area contributed by atoms with Crippen LogP contribution in [0.1, 0.15) is 72.8 Å². The fourth-order valence-electron chi connectivity index (χ4n) is 5.87. The summed E-state index contributed by atoms with van der Waals surface area (Å²) in [6, 6.07) is 25.0. The van der Waals surface area contributed by atoms with Gasteiger partial charge in [0.05, 0.1) is 23.6 Å². The van der Waals surface area contributed by atoms with Gasteiger partial charge in [-0.1, -0.05) is 100.0 Å². The minimum atomic E-state index is -0.361. The molecule has 5 rings (SSSR count). The molecule has 5 aromatic rings. The van der Waals surface area contributed by atoms with E-state index in [1.165, 1.54) is 11.3 Å². The number of aliphatic hydroxyl groups excluding tert-OH is 1. The Labute approximate surface area is 274 Å². The zero-order valence-electron chi connectivity index (χ0n) is 26.2. The number of hydrogen-bond acceptors (Lipinski definition) is 5. The third-order valence-corrected chi connectivity index (χ3v) is 9.32. The van der Waals surface area contributed by atoms with Crippen LogP contribution in [-0.4, -0.2) is 27.0 Å². The lowest BCUT2D eigenvalue weighted by atomic mass is 9.89. The minimum Gasteiger partial charge on any atom is -0.396 e. The number of aliphatic hydroxyl groups is 1. The van der Waals surface area contributed by atoms with Gasteiger partial charge in [-0.2, -0.15) is 0 Å². The van der Waals surface area contributed by atoms with Gasteiger partial charge in [0.15, 0.2) is 5.78 Å². The molecule has 0 spiro atoms. The molecule has 0 bridgehead atoms. The summed E-state index contributed by atoms with van der Waals surface area (Å²) < 4.78 is 1.81. The smallest absolute Gasteiger partial charge is 0.265 e. The molecule has 3 aromatic carbocycles. The summed E-state index contributed by atoms with van der Waals surface area (Å²) in [6.07, 6.45) is 2.14. The predicted octanol–water partition coefficient (Wildman–Crippen LogP) is 8.95. The Morgan fingerprint density at radius 3 is 2.22 bits per heavy atom. The molecule has 0 amide bonds. The molecule has 0 saturated heterocycles. The molecule has 0 aliphatic carbocycles. The molecular weight excluding hydrogens is 600 g/mol. The van der Waals surface area contributed by atoms with Gasteiger partial charge in [-0.25, -0.2) is 4.98 Å². The maximum atomic E-state index is 14.7. The Morgan fingerprint density at radius 1 is 0.956 bits per heavy atom. The maximum absolute atomic E-state index is 14.7. The molecule has 1 atom stereocenters. The number of hydrogen-bond donors (Lipinski definition) is 1. The SMILES string of the molecule is CCc1cccc(CC)c1-n1c(CC(C)C)c(C(=O)C[C@H](CO)c2ccccc2)cc(-c2nc(-c3ccc(Cl)cc3)cs2)c1=O. The average Bonchev–Trinajstić information content (AvgIpc) is 3.54. The summed E-state index contributed by atoms with van der Waals surface area (Å²) in [6.45, 7) is 8.22. The number of benzene rings is 3. The maximum Gasteiger partial charge on any atom is 0.265 e. The molecule has 7 heteroatoms. The Morgan fingerprint density at radius 2 is 1.62 bits per heavy atom. The third kappa shape index (κ3) is 7.04. The van der Waals surface area contributed by atoms with Crippen molar-refractivity contribution in [1.82, 2.24) is 9.55 Å². The zero-order valence-corrected chi connectivity index (χ0v) is 27.8. The first-order valence-electron chi connectivity index (χ1n) is 15.6. The number of Topliss-reactive ketones (excluding diaryl/α,β-unsaturated/α-hetero) is 1. The van der Waals surface area contributed by atoms with E-state index in [1.54, 1.807) is 10.6 Å². The van der Waals surface area contributed by atoms with E-state index in [2.05, 4.69) is 39.8 Å². The molecule has 0 unspecified atom stereocenters. The van der Waals surface area contributed by atoms with Crippen LogP contribution in [0.2, 0.25) is 5.02 Å². The van der Waals surface area contributed by atoms with Crippen molar-refractivity contribution in [3.8, 4) is 27.5 Å². The van der Waals surface area contributed by atoms with Crippen LogP contribution in [-0.2, 0) is 19.3 Å². The van der Waals surface area contributed by atoms with Gasteiger partial charge in [0.1, 0.15) is 5.01 Å². The number of para-hydroxylation sites is 1. The Bertz CT molecular complexity index is 1820. The highest BCUT2D eigenvalue weighted by atomic mass is 35.5. The van der Waals surface area contributed by atoms with Crippen molar-refractivity contribution < 1.29 is 9.90 Å². The van der Waals surface area contributed by atoms with E-state index in [9.17, 15) is 14.7 Å². The number of aryl methyl sites for hydroxylation is 2. The van der Waals surface area contributed by atoms with Crippen LogP contribution in [0.3, 0.4) is 0 Å². The molecule has 5 nitrogen and oxygen atoms in total. The number of carbonyl (C=O) groups excluding carboxylic acids is 1. The molecular formula is C38H39ClN2O3S. The number of pyridine rings is 1. The van der Waals surface area contributed by atoms with Crippen LogP contribution in [0, 0.1) is 5.92 Å². The summed E-state index contributed by atoms with van der Waals surface area (Å²) in [7, 11) is 0. The van der Waals surface area contributed by atoms with Gasteiger partial charge in [0.2, 0.25) is 0 Å². The Kier molecular flexibility index (Phi) is 10.5. The molecule has 232 valence electrons. The lowest BCUT2D eigenvalue weighted by Crippen LogP contribution is -2.29. The topological polar surface area (TPSA) is 72.2 Å². The van der Waals surface area contributed by atoms with Gasteiger partial charge in [-0.15, -0.1) is 11.3 Å². The second kappa shape index (κ2) is 14.5. The van der Waals surface area contributed by atoms with Crippen molar-refractivity contribution in [3.63, 3.8) is 0 Å². The molecule has 1 N–H and O–H groups in total. The van der Waals surface area contributed by atoms with Gasteiger partial charge in [-0.05, 0) is 60.1 Å². The molecule has 0 aliphatic rings. The first-order valence-corrected chi connectivity index (χ1v) is 16.8. The van der Waals surface area contributed by atoms with Crippen LogP contribution in [0.15, 0.2) is 89.0 Å². The van der Waals surface area contributed by atoms with E-state index in [0.717, 1.165) is 46.5 Å². The highest BCUT2D eigenvalue weighted by Crippen LogP contribution is 2.33.